The molecule has 0 aliphatic carbocycles. The highest BCUT2D eigenvalue weighted by Crippen LogP contribution is 2.19. The van der Waals surface area contributed by atoms with Crippen LogP contribution in [-0.4, -0.2) is 83.6 Å². The molecule has 0 saturated carbocycles. The topological polar surface area (TPSA) is 68.5 Å². The van der Waals surface area contributed by atoms with E-state index in [1.165, 1.54) is 0 Å². The lowest BCUT2D eigenvalue weighted by atomic mass is 10.2. The van der Waals surface area contributed by atoms with Gasteiger partial charge in [0, 0.05) is 51.0 Å². The van der Waals surface area contributed by atoms with Crippen molar-refractivity contribution in [3.63, 3.8) is 0 Å². The lowest BCUT2D eigenvalue weighted by molar-refractivity contribution is -0.0272. The zero-order valence-electron chi connectivity index (χ0n) is 14.5. The fraction of sp³-hybridized carbons (Fsp3) is 0.588. The van der Waals surface area contributed by atoms with Gasteiger partial charge in [0.15, 0.2) is 0 Å². The van der Waals surface area contributed by atoms with E-state index >= 15 is 0 Å². The number of imidazole rings is 1. The number of rotatable bonds is 4. The normalized spacial score (nSPS) is 22.3. The molecule has 2 aliphatic rings. The largest absolute Gasteiger partial charge is 0.378 e. The van der Waals surface area contributed by atoms with Crippen LogP contribution in [0, 0.1) is 0 Å². The Labute approximate surface area is 147 Å². The van der Waals surface area contributed by atoms with Gasteiger partial charge in [-0.15, -0.1) is 0 Å². The number of morpholine rings is 2. The molecule has 1 unspecified atom stereocenters. The van der Waals surface area contributed by atoms with Crippen LogP contribution in [0.5, 0.6) is 0 Å². The number of hydrogen-bond acceptors (Lipinski definition) is 7. The summed E-state index contributed by atoms with van der Waals surface area (Å²) < 4.78 is 13.4. The summed E-state index contributed by atoms with van der Waals surface area (Å²) in [6.07, 6.45) is 7.69. The zero-order valence-corrected chi connectivity index (χ0v) is 14.5. The van der Waals surface area contributed by atoms with Crippen LogP contribution in [0.25, 0.3) is 11.4 Å². The van der Waals surface area contributed by atoms with Crippen molar-refractivity contribution in [3.8, 4) is 11.4 Å². The van der Waals surface area contributed by atoms with Crippen LogP contribution in [0.2, 0.25) is 0 Å². The van der Waals surface area contributed by atoms with Gasteiger partial charge in [0.1, 0.15) is 5.82 Å². The molecule has 0 N–H and O–H groups in total. The lowest BCUT2D eigenvalue weighted by Crippen LogP contribution is -2.41. The average Bonchev–Trinajstić information content (AvgIpc) is 3.11. The van der Waals surface area contributed by atoms with E-state index in [9.17, 15) is 0 Å². The summed E-state index contributed by atoms with van der Waals surface area (Å²) in [7, 11) is 2.13. The van der Waals surface area contributed by atoms with Crippen molar-refractivity contribution in [2.45, 2.75) is 12.6 Å². The Hall–Kier alpha value is -2.03. The monoisotopic (exact) mass is 344 g/mol. The minimum atomic E-state index is 0.181. The first kappa shape index (κ1) is 16.4. The highest BCUT2D eigenvalue weighted by molar-refractivity contribution is 5.54. The molecule has 2 saturated heterocycles. The summed E-state index contributed by atoms with van der Waals surface area (Å²) in [5.41, 5.74) is 0.922. The Bertz CT molecular complexity index is 683. The molecule has 8 nitrogen and oxygen atoms in total. The molecule has 2 aromatic rings. The second kappa shape index (κ2) is 7.47. The fourth-order valence-corrected chi connectivity index (χ4v) is 3.28. The quantitative estimate of drug-likeness (QED) is 0.800. The van der Waals surface area contributed by atoms with Crippen LogP contribution < -0.4 is 4.90 Å². The predicted molar refractivity (Wildman–Crippen MR) is 93.5 cm³/mol. The number of nitrogens with zero attached hydrogens (tertiary/aromatic N) is 6. The molecule has 2 aliphatic heterocycles. The van der Waals surface area contributed by atoms with Crippen LogP contribution in [0.15, 0.2) is 24.8 Å². The summed E-state index contributed by atoms with van der Waals surface area (Å²) in [6.45, 7) is 6.61. The van der Waals surface area contributed by atoms with Gasteiger partial charge in [-0.3, -0.25) is 0 Å². The van der Waals surface area contributed by atoms with Crippen molar-refractivity contribution in [2.75, 3.05) is 57.9 Å². The van der Waals surface area contributed by atoms with Crippen molar-refractivity contribution in [3.05, 3.63) is 24.8 Å². The van der Waals surface area contributed by atoms with Crippen LogP contribution in [0.1, 0.15) is 0 Å². The van der Waals surface area contributed by atoms with E-state index in [0.717, 1.165) is 69.9 Å². The van der Waals surface area contributed by atoms with E-state index in [2.05, 4.69) is 36.4 Å². The summed E-state index contributed by atoms with van der Waals surface area (Å²) >= 11 is 0. The van der Waals surface area contributed by atoms with Crippen molar-refractivity contribution in [1.82, 2.24) is 24.4 Å². The van der Waals surface area contributed by atoms with Gasteiger partial charge in [0.05, 0.1) is 38.0 Å². The molecule has 0 aromatic carbocycles. The van der Waals surface area contributed by atoms with E-state index in [-0.39, 0.29) is 6.10 Å². The fourth-order valence-electron chi connectivity index (χ4n) is 3.28. The first-order chi connectivity index (χ1) is 12.3. The molecular weight excluding hydrogens is 320 g/mol. The van der Waals surface area contributed by atoms with Gasteiger partial charge in [-0.25, -0.2) is 15.0 Å². The lowest BCUT2D eigenvalue weighted by Gasteiger charge is -2.30. The zero-order chi connectivity index (χ0) is 17.1. The number of likely N-dealkylation sites (N-methyl/N-ethyl adjacent to an activating group) is 1. The standard InChI is InChI=1S/C17H24N6O2/c1-21-4-9-25-15(12-21)13-23-3-2-18-16(23)14-10-19-17(20-11-14)22-5-7-24-8-6-22/h2-3,10-11,15H,4-9,12-13H2,1H3. The minimum Gasteiger partial charge on any atom is -0.378 e. The highest BCUT2D eigenvalue weighted by Gasteiger charge is 2.20. The molecule has 1 atom stereocenters. The third-order valence-electron chi connectivity index (χ3n) is 4.65. The molecule has 4 heterocycles. The van der Waals surface area contributed by atoms with Crippen molar-refractivity contribution in [1.29, 1.82) is 0 Å². The van der Waals surface area contributed by atoms with Gasteiger partial charge < -0.3 is 23.8 Å². The van der Waals surface area contributed by atoms with Gasteiger partial charge >= 0.3 is 0 Å². The molecule has 0 radical (unpaired) electrons. The molecule has 2 fully saturated rings. The molecule has 2 aromatic heterocycles. The summed E-state index contributed by atoms with van der Waals surface area (Å²) in [5, 5.41) is 0. The van der Waals surface area contributed by atoms with E-state index in [1.54, 1.807) is 0 Å². The SMILES string of the molecule is CN1CCOC(Cn2ccnc2-c2cnc(N3CCOCC3)nc2)C1. The van der Waals surface area contributed by atoms with Crippen molar-refractivity contribution < 1.29 is 9.47 Å². The van der Waals surface area contributed by atoms with E-state index in [4.69, 9.17) is 9.47 Å². The minimum absolute atomic E-state index is 0.181. The Balaban J connectivity index is 1.47. The predicted octanol–water partition coefficient (Wildman–Crippen LogP) is 0.507. The maximum Gasteiger partial charge on any atom is 0.225 e. The average molecular weight is 344 g/mol. The van der Waals surface area contributed by atoms with E-state index in [1.807, 2.05) is 24.8 Å². The second-order valence-corrected chi connectivity index (χ2v) is 6.53. The molecule has 25 heavy (non-hydrogen) atoms. The summed E-state index contributed by atoms with van der Waals surface area (Å²) in [5.74, 6) is 1.63. The van der Waals surface area contributed by atoms with Crippen LogP contribution >= 0.6 is 0 Å². The Morgan fingerprint density at radius 2 is 1.88 bits per heavy atom. The molecule has 134 valence electrons. The third-order valence-corrected chi connectivity index (χ3v) is 4.65. The smallest absolute Gasteiger partial charge is 0.225 e. The highest BCUT2D eigenvalue weighted by atomic mass is 16.5. The molecule has 0 amide bonds. The molecule has 8 heteroatoms. The number of hydrogen-bond donors (Lipinski definition) is 0. The molecular formula is C17H24N6O2. The Kier molecular flexibility index (Phi) is 4.91. The number of anilines is 1. The van der Waals surface area contributed by atoms with Gasteiger partial charge in [0.25, 0.3) is 0 Å². The van der Waals surface area contributed by atoms with Gasteiger partial charge in [-0.05, 0) is 7.05 Å². The maximum atomic E-state index is 5.87. The van der Waals surface area contributed by atoms with Crippen molar-refractivity contribution >= 4 is 5.95 Å². The molecule has 0 bridgehead atoms. The van der Waals surface area contributed by atoms with E-state index < -0.39 is 0 Å². The molecule has 4 rings (SSSR count). The van der Waals surface area contributed by atoms with Crippen LogP contribution in [0.3, 0.4) is 0 Å². The third kappa shape index (κ3) is 3.81. The van der Waals surface area contributed by atoms with Gasteiger partial charge in [0.2, 0.25) is 5.95 Å². The van der Waals surface area contributed by atoms with Crippen LogP contribution in [-0.2, 0) is 16.0 Å². The summed E-state index contributed by atoms with van der Waals surface area (Å²) in [6, 6.07) is 0. The van der Waals surface area contributed by atoms with Gasteiger partial charge in [-0.1, -0.05) is 0 Å². The summed E-state index contributed by atoms with van der Waals surface area (Å²) in [4.78, 5) is 18.0. The Morgan fingerprint density at radius 3 is 2.64 bits per heavy atom. The number of aromatic nitrogens is 4. The van der Waals surface area contributed by atoms with E-state index in [0.29, 0.717) is 0 Å². The van der Waals surface area contributed by atoms with Crippen LogP contribution in [0.4, 0.5) is 5.95 Å². The number of ether oxygens (including phenoxy) is 2. The Morgan fingerprint density at radius 1 is 1.08 bits per heavy atom. The molecule has 0 spiro atoms. The van der Waals surface area contributed by atoms with Crippen molar-refractivity contribution in [2.24, 2.45) is 0 Å². The first-order valence-corrected chi connectivity index (χ1v) is 8.76. The second-order valence-electron chi connectivity index (χ2n) is 6.53. The maximum absolute atomic E-state index is 5.87. The first-order valence-electron chi connectivity index (χ1n) is 8.76. The van der Waals surface area contributed by atoms with Gasteiger partial charge in [-0.2, -0.15) is 0 Å².